The zero-order chi connectivity index (χ0) is 11.3. The van der Waals surface area contributed by atoms with Gasteiger partial charge in [-0.3, -0.25) is 0 Å². The van der Waals surface area contributed by atoms with Crippen LogP contribution in [-0.2, 0) is 10.0 Å². The summed E-state index contributed by atoms with van der Waals surface area (Å²) in [6, 6.07) is 5.90. The number of halogens is 1. The smallest absolute Gasteiger partial charge is 0.241 e. The van der Waals surface area contributed by atoms with E-state index in [1.807, 2.05) is 0 Å². The number of ether oxygens (including phenoxy) is 1. The van der Waals surface area contributed by atoms with Gasteiger partial charge < -0.3 is 4.74 Å². The number of sulfonamides is 1. The van der Waals surface area contributed by atoms with E-state index < -0.39 is 10.0 Å². The van der Waals surface area contributed by atoms with E-state index in [-0.39, 0.29) is 17.3 Å². The Hall–Kier alpha value is -1.40. The molecule has 2 N–H and O–H groups in total. The van der Waals surface area contributed by atoms with Gasteiger partial charge in [0.05, 0.1) is 6.33 Å². The zero-order valence-corrected chi connectivity index (χ0v) is 8.58. The Labute approximate surface area is 87.2 Å². The summed E-state index contributed by atoms with van der Waals surface area (Å²) in [7, 11) is -3.81. The highest BCUT2D eigenvalue weighted by atomic mass is 32.2. The number of para-hydroxylation sites is 1. The van der Waals surface area contributed by atoms with E-state index in [2.05, 4.69) is 0 Å². The highest BCUT2D eigenvalue weighted by molar-refractivity contribution is 7.89. The van der Waals surface area contributed by atoms with Gasteiger partial charge in [-0.15, -0.1) is 0 Å². The molecule has 0 fully saturated rings. The molecule has 0 atom stereocenters. The largest absolute Gasteiger partial charge is 0.488 e. The van der Waals surface area contributed by atoms with Crippen LogP contribution in [-0.4, -0.2) is 15.0 Å². The van der Waals surface area contributed by atoms with Gasteiger partial charge in [-0.25, -0.2) is 17.9 Å². The lowest BCUT2D eigenvalue weighted by molar-refractivity contribution is 0.351. The Kier molecular flexibility index (Phi) is 3.81. The van der Waals surface area contributed by atoms with Crippen molar-refractivity contribution >= 4 is 10.0 Å². The van der Waals surface area contributed by atoms with Crippen molar-refractivity contribution in [1.82, 2.24) is 0 Å². The average Bonchev–Trinajstić information content (AvgIpc) is 2.17. The Morgan fingerprint density at radius 3 is 2.67 bits per heavy atom. The Morgan fingerprint density at radius 2 is 2.07 bits per heavy atom. The number of hydrogen-bond donors (Lipinski definition) is 1. The molecule has 0 spiro atoms. The first-order chi connectivity index (χ1) is 7.05. The molecule has 1 aromatic carbocycles. The molecule has 15 heavy (non-hydrogen) atoms. The van der Waals surface area contributed by atoms with Crippen LogP contribution < -0.4 is 9.88 Å². The van der Waals surface area contributed by atoms with Crippen molar-refractivity contribution in [3.05, 3.63) is 36.7 Å². The zero-order valence-electron chi connectivity index (χ0n) is 7.76. The van der Waals surface area contributed by atoms with Gasteiger partial charge in [0.15, 0.2) is 0 Å². The SMILES string of the molecule is NS(=O)(=O)c1ccccc1OCC=CF. The monoisotopic (exact) mass is 231 g/mol. The molecule has 0 aromatic heterocycles. The van der Waals surface area contributed by atoms with Gasteiger partial charge in [-0.05, 0) is 18.2 Å². The second kappa shape index (κ2) is 4.90. The summed E-state index contributed by atoms with van der Waals surface area (Å²) in [6.45, 7) is -0.0525. The van der Waals surface area contributed by atoms with Crippen molar-refractivity contribution in [2.75, 3.05) is 6.61 Å². The molecule has 4 nitrogen and oxygen atoms in total. The lowest BCUT2D eigenvalue weighted by Crippen LogP contribution is -2.13. The molecule has 0 aliphatic carbocycles. The molecular weight excluding hydrogens is 221 g/mol. The maximum absolute atomic E-state index is 11.6. The molecule has 82 valence electrons. The normalized spacial score (nSPS) is 11.9. The Balaban J connectivity index is 2.97. The minimum Gasteiger partial charge on any atom is -0.488 e. The van der Waals surface area contributed by atoms with Crippen LogP contribution in [0.15, 0.2) is 41.6 Å². The molecule has 0 saturated heterocycles. The standard InChI is InChI=1S/C9H10FNO3S/c10-6-3-7-14-8-4-1-2-5-9(8)15(11,12)13/h1-6H,7H2,(H2,11,12,13). The third-order valence-corrected chi connectivity index (χ3v) is 2.53. The summed E-state index contributed by atoms with van der Waals surface area (Å²) < 4.78 is 38.8. The van der Waals surface area contributed by atoms with Crippen molar-refractivity contribution in [1.29, 1.82) is 0 Å². The molecule has 0 radical (unpaired) electrons. The van der Waals surface area contributed by atoms with Crippen molar-refractivity contribution in [3.63, 3.8) is 0 Å². The summed E-state index contributed by atoms with van der Waals surface area (Å²) in [5.74, 6) is 0.109. The fourth-order valence-electron chi connectivity index (χ4n) is 0.979. The van der Waals surface area contributed by atoms with Gasteiger partial charge in [0, 0.05) is 0 Å². The third-order valence-electron chi connectivity index (χ3n) is 1.58. The first kappa shape index (κ1) is 11.7. The first-order valence-electron chi connectivity index (χ1n) is 4.05. The number of primary sulfonamides is 1. The third kappa shape index (κ3) is 3.34. The van der Waals surface area contributed by atoms with E-state index in [0.29, 0.717) is 6.33 Å². The minimum absolute atomic E-state index is 0.0525. The van der Waals surface area contributed by atoms with Crippen molar-refractivity contribution in [2.24, 2.45) is 5.14 Å². The molecule has 0 heterocycles. The molecular formula is C9H10FNO3S. The highest BCUT2D eigenvalue weighted by Crippen LogP contribution is 2.21. The second-order valence-corrected chi connectivity index (χ2v) is 4.19. The summed E-state index contributed by atoms with van der Waals surface area (Å²) in [4.78, 5) is -0.114. The highest BCUT2D eigenvalue weighted by Gasteiger charge is 2.13. The summed E-state index contributed by atoms with van der Waals surface area (Å²) in [5, 5.41) is 4.96. The van der Waals surface area contributed by atoms with Gasteiger partial charge in [0.25, 0.3) is 0 Å². The molecule has 0 bridgehead atoms. The van der Waals surface area contributed by atoms with E-state index in [0.717, 1.165) is 6.08 Å². The molecule has 0 aliphatic heterocycles. The number of hydrogen-bond acceptors (Lipinski definition) is 3. The maximum atomic E-state index is 11.6. The van der Waals surface area contributed by atoms with E-state index >= 15 is 0 Å². The summed E-state index contributed by atoms with van der Waals surface area (Å²) >= 11 is 0. The quantitative estimate of drug-likeness (QED) is 0.846. The van der Waals surface area contributed by atoms with E-state index in [9.17, 15) is 12.8 Å². The van der Waals surface area contributed by atoms with Crippen LogP contribution in [0.5, 0.6) is 5.75 Å². The molecule has 0 saturated carbocycles. The van der Waals surface area contributed by atoms with Crippen molar-refractivity contribution in [3.8, 4) is 5.75 Å². The molecule has 1 aromatic rings. The Morgan fingerprint density at radius 1 is 1.40 bits per heavy atom. The van der Waals surface area contributed by atoms with Crippen LogP contribution in [0.1, 0.15) is 0 Å². The molecule has 6 heteroatoms. The van der Waals surface area contributed by atoms with E-state index in [1.54, 1.807) is 6.07 Å². The minimum atomic E-state index is -3.81. The van der Waals surface area contributed by atoms with Crippen molar-refractivity contribution in [2.45, 2.75) is 4.90 Å². The molecule has 0 unspecified atom stereocenters. The molecule has 0 aliphatic rings. The maximum Gasteiger partial charge on any atom is 0.241 e. The lowest BCUT2D eigenvalue weighted by atomic mass is 10.3. The predicted molar refractivity (Wildman–Crippen MR) is 53.6 cm³/mol. The fraction of sp³-hybridized carbons (Fsp3) is 0.111. The molecule has 0 amide bonds. The lowest BCUT2D eigenvalue weighted by Gasteiger charge is -2.07. The summed E-state index contributed by atoms with van der Waals surface area (Å²) in [6.07, 6.45) is 1.43. The average molecular weight is 231 g/mol. The summed E-state index contributed by atoms with van der Waals surface area (Å²) in [5.41, 5.74) is 0. The van der Waals surface area contributed by atoms with Crippen LogP contribution in [0, 0.1) is 0 Å². The van der Waals surface area contributed by atoms with E-state index in [4.69, 9.17) is 9.88 Å². The van der Waals surface area contributed by atoms with Crippen LogP contribution >= 0.6 is 0 Å². The number of nitrogens with two attached hydrogens (primary N) is 1. The van der Waals surface area contributed by atoms with Gasteiger partial charge in [0.2, 0.25) is 10.0 Å². The Bertz CT molecular complexity index is 456. The molecule has 1 rings (SSSR count). The van der Waals surface area contributed by atoms with Gasteiger partial charge in [-0.2, -0.15) is 0 Å². The second-order valence-electron chi connectivity index (χ2n) is 2.66. The van der Waals surface area contributed by atoms with E-state index in [1.165, 1.54) is 18.2 Å². The topological polar surface area (TPSA) is 69.4 Å². The van der Waals surface area contributed by atoms with Crippen molar-refractivity contribution < 1.29 is 17.5 Å². The van der Waals surface area contributed by atoms with Crippen LogP contribution in [0.25, 0.3) is 0 Å². The van der Waals surface area contributed by atoms with Crippen LogP contribution in [0.4, 0.5) is 4.39 Å². The number of rotatable bonds is 4. The van der Waals surface area contributed by atoms with Gasteiger partial charge >= 0.3 is 0 Å². The predicted octanol–water partition coefficient (Wildman–Crippen LogP) is 1.20. The van der Waals surface area contributed by atoms with Crippen LogP contribution in [0.3, 0.4) is 0 Å². The fourth-order valence-corrected chi connectivity index (χ4v) is 1.65. The first-order valence-corrected chi connectivity index (χ1v) is 5.60. The van der Waals surface area contributed by atoms with Crippen LogP contribution in [0.2, 0.25) is 0 Å². The number of benzene rings is 1. The van der Waals surface area contributed by atoms with Gasteiger partial charge in [-0.1, -0.05) is 12.1 Å². The van der Waals surface area contributed by atoms with Gasteiger partial charge in [0.1, 0.15) is 17.3 Å².